The van der Waals surface area contributed by atoms with E-state index in [9.17, 15) is 4.79 Å². The van der Waals surface area contributed by atoms with Crippen molar-refractivity contribution >= 4 is 5.91 Å². The molecule has 1 atom stereocenters. The number of carbonyl (C=O) groups excluding carboxylic acids is 1. The Kier molecular flexibility index (Phi) is 4.32. The van der Waals surface area contributed by atoms with Gasteiger partial charge in [-0.25, -0.2) is 0 Å². The molecular formula is C9H15NO. The highest BCUT2D eigenvalue weighted by molar-refractivity contribution is 5.73. The summed E-state index contributed by atoms with van der Waals surface area (Å²) in [5.41, 5.74) is 8.89. The van der Waals surface area contributed by atoms with E-state index >= 15 is 0 Å². The van der Waals surface area contributed by atoms with Crippen molar-refractivity contribution in [3.63, 3.8) is 0 Å². The van der Waals surface area contributed by atoms with E-state index in [1.807, 2.05) is 13.8 Å². The van der Waals surface area contributed by atoms with Crippen molar-refractivity contribution in [2.75, 3.05) is 0 Å². The Morgan fingerprint density at radius 1 is 1.73 bits per heavy atom. The van der Waals surface area contributed by atoms with Gasteiger partial charge in [0.1, 0.15) is 0 Å². The zero-order valence-electron chi connectivity index (χ0n) is 7.18. The number of primary amides is 1. The maximum absolute atomic E-state index is 10.4. The lowest BCUT2D eigenvalue weighted by atomic mass is 9.98. The summed E-state index contributed by atoms with van der Waals surface area (Å²) in [6.07, 6.45) is 1.24. The summed E-state index contributed by atoms with van der Waals surface area (Å²) < 4.78 is 0. The first-order valence-corrected chi connectivity index (χ1v) is 3.72. The third kappa shape index (κ3) is 4.40. The summed E-state index contributed by atoms with van der Waals surface area (Å²) in [7, 11) is 0. The third-order valence-electron chi connectivity index (χ3n) is 1.84. The van der Waals surface area contributed by atoms with E-state index in [1.165, 1.54) is 0 Å². The van der Waals surface area contributed by atoms with Crippen LogP contribution in [-0.4, -0.2) is 5.91 Å². The van der Waals surface area contributed by atoms with E-state index in [4.69, 9.17) is 5.73 Å². The second-order valence-corrected chi connectivity index (χ2v) is 2.77. The van der Waals surface area contributed by atoms with Gasteiger partial charge in [0.15, 0.2) is 0 Å². The number of carbonyl (C=O) groups is 1. The molecule has 0 saturated heterocycles. The zero-order valence-corrected chi connectivity index (χ0v) is 7.18. The Labute approximate surface area is 67.8 Å². The van der Waals surface area contributed by atoms with Gasteiger partial charge in [-0.15, -0.1) is 5.73 Å². The van der Waals surface area contributed by atoms with Crippen LogP contribution in [0.1, 0.15) is 26.7 Å². The largest absolute Gasteiger partial charge is 0.370 e. The smallest absolute Gasteiger partial charge is 0.217 e. The summed E-state index contributed by atoms with van der Waals surface area (Å²) >= 11 is 0. The van der Waals surface area contributed by atoms with E-state index in [2.05, 4.69) is 12.3 Å². The number of amides is 1. The molecule has 2 heteroatoms. The Hall–Kier alpha value is -1.01. The first kappa shape index (κ1) is 9.99. The molecular weight excluding hydrogens is 138 g/mol. The molecule has 2 N–H and O–H groups in total. The molecule has 11 heavy (non-hydrogen) atoms. The standard InChI is InChI=1S/C9H15NO/c1-4-7(2)8(3)5-6-9(10)11/h8H,1,5-6H2,2-3H3,(H2,10,11)/t8-/m0/s1. The summed E-state index contributed by atoms with van der Waals surface area (Å²) in [5, 5.41) is 0. The van der Waals surface area contributed by atoms with Gasteiger partial charge in [0, 0.05) is 6.42 Å². The fraction of sp³-hybridized carbons (Fsp3) is 0.556. The minimum absolute atomic E-state index is 0.242. The van der Waals surface area contributed by atoms with Crippen LogP contribution in [0.2, 0.25) is 0 Å². The van der Waals surface area contributed by atoms with Gasteiger partial charge in [0.2, 0.25) is 5.91 Å². The summed E-state index contributed by atoms with van der Waals surface area (Å²) in [6.45, 7) is 7.53. The Balaban J connectivity index is 3.79. The maximum Gasteiger partial charge on any atom is 0.217 e. The number of hydrogen-bond acceptors (Lipinski definition) is 1. The summed E-state index contributed by atoms with van der Waals surface area (Å²) in [6, 6.07) is 0. The number of allylic oxidation sites excluding steroid dienone is 1. The molecule has 0 bridgehead atoms. The molecule has 1 amide bonds. The minimum Gasteiger partial charge on any atom is -0.370 e. The molecule has 2 nitrogen and oxygen atoms in total. The van der Waals surface area contributed by atoms with Crippen molar-refractivity contribution in [1.29, 1.82) is 0 Å². The van der Waals surface area contributed by atoms with E-state index in [1.54, 1.807) is 0 Å². The SMILES string of the molecule is C=C=C(C)[C@@H](C)CCC(N)=O. The van der Waals surface area contributed by atoms with Gasteiger partial charge in [-0.2, -0.15) is 0 Å². The summed E-state index contributed by atoms with van der Waals surface area (Å²) in [4.78, 5) is 10.4. The predicted molar refractivity (Wildman–Crippen MR) is 45.9 cm³/mol. The van der Waals surface area contributed by atoms with E-state index < -0.39 is 0 Å². The number of rotatable bonds is 4. The third-order valence-corrected chi connectivity index (χ3v) is 1.84. The predicted octanol–water partition coefficient (Wildman–Crippen LogP) is 1.62. The fourth-order valence-corrected chi connectivity index (χ4v) is 0.750. The highest BCUT2D eigenvalue weighted by Gasteiger charge is 2.04. The van der Waals surface area contributed by atoms with Crippen LogP contribution >= 0.6 is 0 Å². The van der Waals surface area contributed by atoms with E-state index in [-0.39, 0.29) is 5.91 Å². The molecule has 0 rings (SSSR count). The normalized spacial score (nSPS) is 11.8. The monoisotopic (exact) mass is 153 g/mol. The van der Waals surface area contributed by atoms with Gasteiger partial charge in [0.25, 0.3) is 0 Å². The Bertz CT molecular complexity index is 190. The average Bonchev–Trinajstić information content (AvgIpc) is 1.98. The van der Waals surface area contributed by atoms with E-state index in [0.29, 0.717) is 12.3 Å². The lowest BCUT2D eigenvalue weighted by molar-refractivity contribution is -0.118. The van der Waals surface area contributed by atoms with Crippen LogP contribution in [0.25, 0.3) is 0 Å². The van der Waals surface area contributed by atoms with Crippen LogP contribution in [0.4, 0.5) is 0 Å². The molecule has 0 fully saturated rings. The number of nitrogens with two attached hydrogens (primary N) is 1. The van der Waals surface area contributed by atoms with Crippen molar-refractivity contribution in [1.82, 2.24) is 0 Å². The van der Waals surface area contributed by atoms with Gasteiger partial charge in [-0.1, -0.05) is 13.5 Å². The molecule has 0 aliphatic carbocycles. The molecule has 0 unspecified atom stereocenters. The molecule has 0 heterocycles. The Morgan fingerprint density at radius 2 is 2.27 bits per heavy atom. The highest BCUT2D eigenvalue weighted by atomic mass is 16.1. The van der Waals surface area contributed by atoms with Gasteiger partial charge in [0.05, 0.1) is 0 Å². The molecule has 62 valence electrons. The molecule has 0 aliphatic rings. The maximum atomic E-state index is 10.4. The van der Waals surface area contributed by atoms with Crippen molar-refractivity contribution in [3.05, 3.63) is 17.9 Å². The van der Waals surface area contributed by atoms with Crippen LogP contribution in [0.5, 0.6) is 0 Å². The molecule has 0 aliphatic heterocycles. The molecule has 0 saturated carbocycles. The number of hydrogen-bond donors (Lipinski definition) is 1. The van der Waals surface area contributed by atoms with Crippen molar-refractivity contribution < 1.29 is 4.79 Å². The van der Waals surface area contributed by atoms with Crippen molar-refractivity contribution in [2.45, 2.75) is 26.7 Å². The lowest BCUT2D eigenvalue weighted by Gasteiger charge is -2.07. The highest BCUT2D eigenvalue weighted by Crippen LogP contribution is 2.13. The lowest BCUT2D eigenvalue weighted by Crippen LogP contribution is -2.11. The van der Waals surface area contributed by atoms with Gasteiger partial charge >= 0.3 is 0 Å². The molecule has 0 radical (unpaired) electrons. The first-order chi connectivity index (χ1) is 5.07. The molecule has 0 aromatic heterocycles. The first-order valence-electron chi connectivity index (χ1n) is 3.72. The summed E-state index contributed by atoms with van der Waals surface area (Å²) in [5.74, 6) is 0.119. The van der Waals surface area contributed by atoms with E-state index in [0.717, 1.165) is 12.0 Å². The topological polar surface area (TPSA) is 43.1 Å². The fourth-order valence-electron chi connectivity index (χ4n) is 0.750. The quantitative estimate of drug-likeness (QED) is 0.613. The zero-order chi connectivity index (χ0) is 8.85. The van der Waals surface area contributed by atoms with Crippen LogP contribution in [0.15, 0.2) is 17.9 Å². The van der Waals surface area contributed by atoms with Crippen molar-refractivity contribution in [3.8, 4) is 0 Å². The van der Waals surface area contributed by atoms with Gasteiger partial charge in [-0.05, 0) is 24.8 Å². The Morgan fingerprint density at radius 3 is 2.64 bits per heavy atom. The van der Waals surface area contributed by atoms with Gasteiger partial charge < -0.3 is 5.73 Å². The molecule has 0 aromatic rings. The molecule has 0 spiro atoms. The second-order valence-electron chi connectivity index (χ2n) is 2.77. The molecule has 0 aromatic carbocycles. The van der Waals surface area contributed by atoms with Gasteiger partial charge in [-0.3, -0.25) is 4.79 Å². The average molecular weight is 153 g/mol. The van der Waals surface area contributed by atoms with Crippen LogP contribution < -0.4 is 5.73 Å². The van der Waals surface area contributed by atoms with Crippen LogP contribution in [-0.2, 0) is 4.79 Å². The minimum atomic E-state index is -0.242. The van der Waals surface area contributed by atoms with Crippen LogP contribution in [0.3, 0.4) is 0 Å². The van der Waals surface area contributed by atoms with Crippen LogP contribution in [0, 0.1) is 5.92 Å². The van der Waals surface area contributed by atoms with Crippen molar-refractivity contribution in [2.24, 2.45) is 11.7 Å². The second kappa shape index (κ2) is 4.75.